The van der Waals surface area contributed by atoms with E-state index in [9.17, 15) is 9.90 Å². The van der Waals surface area contributed by atoms with E-state index in [0.29, 0.717) is 6.54 Å². The minimum absolute atomic E-state index is 0.146. The van der Waals surface area contributed by atoms with Gasteiger partial charge in [-0.3, -0.25) is 0 Å². The Morgan fingerprint density at radius 1 is 1.39 bits per heavy atom. The van der Waals surface area contributed by atoms with Crippen molar-refractivity contribution in [2.45, 2.75) is 52.7 Å². The van der Waals surface area contributed by atoms with Crippen LogP contribution in [0.4, 0.5) is 4.79 Å². The van der Waals surface area contributed by atoms with Gasteiger partial charge in [0.2, 0.25) is 0 Å². The molecule has 0 spiro atoms. The molecule has 0 radical (unpaired) electrons. The first-order chi connectivity index (χ1) is 8.33. The van der Waals surface area contributed by atoms with Crippen LogP contribution in [0.25, 0.3) is 0 Å². The number of nitrogens with one attached hydrogen (secondary N) is 2. The van der Waals surface area contributed by atoms with Gasteiger partial charge in [0.05, 0.1) is 6.10 Å². The average molecular weight is 254 g/mol. The third-order valence-corrected chi connectivity index (χ3v) is 3.48. The van der Waals surface area contributed by atoms with Crippen molar-refractivity contribution >= 4 is 6.03 Å². The number of rotatable bonds is 5. The molecule has 18 heavy (non-hydrogen) atoms. The summed E-state index contributed by atoms with van der Waals surface area (Å²) in [6.07, 6.45) is 5.55. The van der Waals surface area contributed by atoms with Crippen LogP contribution in [0.3, 0.4) is 0 Å². The maximum Gasteiger partial charge on any atom is 0.315 e. The Labute approximate surface area is 110 Å². The summed E-state index contributed by atoms with van der Waals surface area (Å²) in [6, 6.07) is 0.0795. The Balaban J connectivity index is 2.32. The second-order valence-corrected chi connectivity index (χ2v) is 6.14. The van der Waals surface area contributed by atoms with Crippen molar-refractivity contribution in [1.82, 2.24) is 10.6 Å². The summed E-state index contributed by atoms with van der Waals surface area (Å²) in [6.45, 7) is 8.37. The molecule has 0 aromatic carbocycles. The Morgan fingerprint density at radius 2 is 1.94 bits per heavy atom. The van der Waals surface area contributed by atoms with Crippen molar-refractivity contribution in [2.75, 3.05) is 6.54 Å². The molecule has 3 N–H and O–H groups in total. The van der Waals surface area contributed by atoms with Gasteiger partial charge in [0.15, 0.2) is 0 Å². The van der Waals surface area contributed by atoms with Crippen molar-refractivity contribution in [2.24, 2.45) is 11.3 Å². The number of carbonyl (C=O) groups excluding carboxylic acids is 1. The summed E-state index contributed by atoms with van der Waals surface area (Å²) in [5.41, 5.74) is -0.320. The summed E-state index contributed by atoms with van der Waals surface area (Å²) in [5, 5.41) is 15.8. The number of carbonyl (C=O) groups is 1. The molecule has 1 rings (SSSR count). The largest absolute Gasteiger partial charge is 0.392 e. The number of hydrogen-bond acceptors (Lipinski definition) is 2. The molecule has 0 saturated carbocycles. The van der Waals surface area contributed by atoms with Crippen molar-refractivity contribution in [1.29, 1.82) is 0 Å². The monoisotopic (exact) mass is 254 g/mol. The van der Waals surface area contributed by atoms with E-state index < -0.39 is 6.10 Å². The van der Waals surface area contributed by atoms with Crippen molar-refractivity contribution in [3.8, 4) is 0 Å². The fourth-order valence-electron chi connectivity index (χ4n) is 2.29. The molecule has 1 unspecified atom stereocenters. The van der Waals surface area contributed by atoms with E-state index in [0.717, 1.165) is 12.8 Å². The molecule has 4 heteroatoms. The number of urea groups is 1. The molecular formula is C14H26N2O2. The van der Waals surface area contributed by atoms with Crippen LogP contribution in [0, 0.1) is 11.3 Å². The molecule has 1 atom stereocenters. The highest BCUT2D eigenvalue weighted by molar-refractivity contribution is 5.74. The number of amides is 2. The molecule has 0 saturated heterocycles. The van der Waals surface area contributed by atoms with Gasteiger partial charge in [-0.2, -0.15) is 0 Å². The molecule has 0 bridgehead atoms. The van der Waals surface area contributed by atoms with Crippen molar-refractivity contribution in [3.05, 3.63) is 12.2 Å². The Hall–Kier alpha value is -1.03. The summed E-state index contributed by atoms with van der Waals surface area (Å²) in [4.78, 5) is 11.7. The lowest BCUT2D eigenvalue weighted by Crippen LogP contribution is -2.48. The standard InChI is InChI=1S/C14H26N2O2/c1-10(2)12(17)14(3,4)9-15-13(18)16-11-7-5-6-8-11/h5-6,10-12,17H,7-9H2,1-4H3,(H2,15,16,18). The zero-order valence-electron chi connectivity index (χ0n) is 11.9. The molecule has 0 aromatic heterocycles. The van der Waals surface area contributed by atoms with Crippen LogP contribution in [0.15, 0.2) is 12.2 Å². The van der Waals surface area contributed by atoms with Gasteiger partial charge < -0.3 is 15.7 Å². The van der Waals surface area contributed by atoms with Crippen LogP contribution in [0.2, 0.25) is 0 Å². The lowest BCUT2D eigenvalue weighted by Gasteiger charge is -2.33. The molecule has 4 nitrogen and oxygen atoms in total. The minimum atomic E-state index is -0.425. The van der Waals surface area contributed by atoms with Crippen LogP contribution < -0.4 is 10.6 Å². The second-order valence-electron chi connectivity index (χ2n) is 6.14. The zero-order valence-corrected chi connectivity index (χ0v) is 11.9. The number of aliphatic hydroxyl groups is 1. The first-order valence-electron chi connectivity index (χ1n) is 6.70. The first-order valence-corrected chi connectivity index (χ1v) is 6.70. The van der Waals surface area contributed by atoms with Gasteiger partial charge >= 0.3 is 6.03 Å². The summed E-state index contributed by atoms with van der Waals surface area (Å²) < 4.78 is 0. The summed E-state index contributed by atoms with van der Waals surface area (Å²) in [5.74, 6) is 0.184. The van der Waals surface area contributed by atoms with E-state index in [1.165, 1.54) is 0 Å². The molecular weight excluding hydrogens is 228 g/mol. The third-order valence-electron chi connectivity index (χ3n) is 3.48. The fraction of sp³-hybridized carbons (Fsp3) is 0.786. The molecule has 2 amide bonds. The predicted octanol–water partition coefficient (Wildman–Crippen LogP) is 2.05. The zero-order chi connectivity index (χ0) is 13.8. The molecule has 0 aromatic rings. The van der Waals surface area contributed by atoms with E-state index in [1.54, 1.807) is 0 Å². The van der Waals surface area contributed by atoms with Crippen LogP contribution in [0.1, 0.15) is 40.5 Å². The molecule has 0 fully saturated rings. The highest BCUT2D eigenvalue weighted by Crippen LogP contribution is 2.25. The molecule has 1 aliphatic rings. The van der Waals surface area contributed by atoms with E-state index in [-0.39, 0.29) is 23.4 Å². The van der Waals surface area contributed by atoms with E-state index >= 15 is 0 Å². The normalized spacial score (nSPS) is 18.1. The van der Waals surface area contributed by atoms with E-state index in [1.807, 2.05) is 27.7 Å². The van der Waals surface area contributed by atoms with E-state index in [4.69, 9.17) is 0 Å². The van der Waals surface area contributed by atoms with Gasteiger partial charge in [-0.15, -0.1) is 0 Å². The highest BCUT2D eigenvalue weighted by atomic mass is 16.3. The predicted molar refractivity (Wildman–Crippen MR) is 73.3 cm³/mol. The summed E-state index contributed by atoms with van der Waals surface area (Å²) >= 11 is 0. The minimum Gasteiger partial charge on any atom is -0.392 e. The summed E-state index contributed by atoms with van der Waals surface area (Å²) in [7, 11) is 0. The van der Waals surface area contributed by atoms with Gasteiger partial charge in [-0.05, 0) is 18.8 Å². The van der Waals surface area contributed by atoms with Crippen LogP contribution in [-0.4, -0.2) is 29.8 Å². The van der Waals surface area contributed by atoms with Gasteiger partial charge in [0, 0.05) is 18.0 Å². The van der Waals surface area contributed by atoms with Crippen molar-refractivity contribution in [3.63, 3.8) is 0 Å². The Kier molecular flexibility index (Phi) is 5.20. The molecule has 0 heterocycles. The molecule has 0 aliphatic heterocycles. The first kappa shape index (κ1) is 15.0. The highest BCUT2D eigenvalue weighted by Gasteiger charge is 2.30. The fourth-order valence-corrected chi connectivity index (χ4v) is 2.29. The SMILES string of the molecule is CC(C)C(O)C(C)(C)CNC(=O)NC1CC=CC1. The Morgan fingerprint density at radius 3 is 2.44 bits per heavy atom. The smallest absolute Gasteiger partial charge is 0.315 e. The van der Waals surface area contributed by atoms with Crippen molar-refractivity contribution < 1.29 is 9.90 Å². The second kappa shape index (κ2) is 6.23. The lowest BCUT2D eigenvalue weighted by molar-refractivity contribution is 0.0151. The maximum absolute atomic E-state index is 11.7. The van der Waals surface area contributed by atoms with Gasteiger partial charge in [-0.25, -0.2) is 4.79 Å². The maximum atomic E-state index is 11.7. The number of hydrogen-bond donors (Lipinski definition) is 3. The van der Waals surface area contributed by atoms with Gasteiger partial charge in [-0.1, -0.05) is 39.8 Å². The van der Waals surface area contributed by atoms with Gasteiger partial charge in [0.1, 0.15) is 0 Å². The van der Waals surface area contributed by atoms with Crippen LogP contribution >= 0.6 is 0 Å². The molecule has 1 aliphatic carbocycles. The quantitative estimate of drug-likeness (QED) is 0.658. The third kappa shape index (κ3) is 4.33. The van der Waals surface area contributed by atoms with Crippen LogP contribution in [0.5, 0.6) is 0 Å². The lowest BCUT2D eigenvalue weighted by atomic mass is 9.81. The number of aliphatic hydroxyl groups excluding tert-OH is 1. The van der Waals surface area contributed by atoms with E-state index in [2.05, 4.69) is 22.8 Å². The average Bonchev–Trinajstić information content (AvgIpc) is 2.78. The topological polar surface area (TPSA) is 61.4 Å². The van der Waals surface area contributed by atoms with Crippen LogP contribution in [-0.2, 0) is 0 Å². The van der Waals surface area contributed by atoms with Gasteiger partial charge in [0.25, 0.3) is 0 Å². The molecule has 104 valence electrons. The Bertz CT molecular complexity index is 303.